The quantitative estimate of drug-likeness (QED) is 0.0761. The van der Waals surface area contributed by atoms with E-state index in [0.717, 1.165) is 27.1 Å². The molecule has 284 valence electrons. The smallest absolute Gasteiger partial charge is 0.489 e. The van der Waals surface area contributed by atoms with Gasteiger partial charge >= 0.3 is 23.2 Å². The van der Waals surface area contributed by atoms with Gasteiger partial charge in [-0.3, -0.25) is 0 Å². The van der Waals surface area contributed by atoms with E-state index in [4.69, 9.17) is 36.6 Å². The number of rotatable bonds is 10. The molecule has 11 heteroatoms. The lowest BCUT2D eigenvalue weighted by molar-refractivity contribution is 0.0733. The van der Waals surface area contributed by atoms with Crippen molar-refractivity contribution in [2.75, 3.05) is 0 Å². The highest BCUT2D eigenvalue weighted by Crippen LogP contribution is 2.58. The molecule has 2 aliphatic heterocycles. The zero-order valence-electron chi connectivity index (χ0n) is 30.9. The lowest BCUT2D eigenvalue weighted by Crippen LogP contribution is -2.12. The van der Waals surface area contributed by atoms with Gasteiger partial charge in [-0.05, 0) is 94.7 Å². The second-order valence-corrected chi connectivity index (χ2v) is 15.5. The average Bonchev–Trinajstić information content (AvgIpc) is 3.87. The molecule has 0 N–H and O–H groups in total. The number of benzene rings is 8. The molecule has 0 radical (unpaired) electrons. The minimum absolute atomic E-state index is 0.157. The largest absolute Gasteiger partial charge is 0.530 e. The molecule has 8 aromatic rings. The van der Waals surface area contributed by atoms with Gasteiger partial charge in [-0.25, -0.2) is 4.79 Å². The number of carbonyl (C=O) groups is 1. The fourth-order valence-corrected chi connectivity index (χ4v) is 8.94. The van der Waals surface area contributed by atoms with Crippen molar-refractivity contribution in [3.8, 4) is 57.1 Å². The van der Waals surface area contributed by atoms with Crippen molar-refractivity contribution in [2.24, 2.45) is 0 Å². The van der Waals surface area contributed by atoms with Gasteiger partial charge in [-0.2, -0.15) is 0 Å². The number of hydrogen-bond acceptors (Lipinski definition) is 9. The predicted molar refractivity (Wildman–Crippen MR) is 224 cm³/mol. The molecule has 0 amide bonds. The topological polar surface area (TPSA) is 90.9 Å². The maximum atomic E-state index is 14.6. The van der Waals surface area contributed by atoms with Gasteiger partial charge in [-0.1, -0.05) is 109 Å². The summed E-state index contributed by atoms with van der Waals surface area (Å²) in [5, 5.41) is 3.35. The van der Waals surface area contributed by atoms with Crippen LogP contribution in [0.25, 0.3) is 32.7 Å². The Morgan fingerprint density at radius 1 is 0.534 bits per heavy atom. The van der Waals surface area contributed by atoms with Gasteiger partial charge in [0.05, 0.1) is 0 Å². The Bertz CT molecular complexity index is 2780. The van der Waals surface area contributed by atoms with Crippen molar-refractivity contribution in [3.05, 3.63) is 180 Å². The lowest BCUT2D eigenvalue weighted by atomic mass is 9.90. The van der Waals surface area contributed by atoms with Gasteiger partial charge in [0, 0.05) is 11.1 Å². The van der Waals surface area contributed by atoms with Crippen LogP contribution >= 0.6 is 17.2 Å². The van der Waals surface area contributed by atoms with Gasteiger partial charge in [0.2, 0.25) is 0 Å². The summed E-state index contributed by atoms with van der Waals surface area (Å²) < 4.78 is 50.1. The van der Waals surface area contributed by atoms with E-state index >= 15 is 0 Å². The third-order valence-corrected chi connectivity index (χ3v) is 11.7. The maximum absolute atomic E-state index is 14.6. The van der Waals surface area contributed by atoms with Crippen LogP contribution in [0.15, 0.2) is 164 Å². The van der Waals surface area contributed by atoms with E-state index in [0.29, 0.717) is 58.0 Å². The summed E-state index contributed by atoms with van der Waals surface area (Å²) in [6.45, 7) is 2.45. The fourth-order valence-electron chi connectivity index (χ4n) is 6.82. The van der Waals surface area contributed by atoms with Crippen LogP contribution in [-0.2, 0) is 6.61 Å². The molecule has 0 bridgehead atoms. The summed E-state index contributed by atoms with van der Waals surface area (Å²) in [5.41, 5.74) is 3.63. The molecule has 58 heavy (non-hydrogen) atoms. The predicted octanol–water partition coefficient (Wildman–Crippen LogP) is 12.9. The zero-order chi connectivity index (χ0) is 39.0. The fraction of sp³-hybridized carbons (Fsp3) is 0.0426. The van der Waals surface area contributed by atoms with Crippen LogP contribution in [0.3, 0.4) is 0 Å². The third kappa shape index (κ3) is 7.07. The number of ether oxygens (including phenoxy) is 2. The highest BCUT2D eigenvalue weighted by Gasteiger charge is 2.36. The van der Waals surface area contributed by atoms with Gasteiger partial charge < -0.3 is 36.6 Å². The summed E-state index contributed by atoms with van der Waals surface area (Å²) >= 11 is 0. The number of carbonyl (C=O) groups excluding carboxylic acids is 1. The zero-order valence-corrected chi connectivity index (χ0v) is 32.7. The average molecular weight is 803 g/mol. The number of esters is 1. The van der Waals surface area contributed by atoms with Crippen LogP contribution in [0.1, 0.15) is 21.5 Å². The first-order chi connectivity index (χ1) is 28.5. The molecule has 0 unspecified atom stereocenters. The molecular weight excluding hydrogens is 770 g/mol. The van der Waals surface area contributed by atoms with Crippen molar-refractivity contribution in [1.82, 2.24) is 0 Å². The first-order valence-electron chi connectivity index (χ1n) is 18.5. The second kappa shape index (κ2) is 15.3. The molecule has 0 aliphatic carbocycles. The van der Waals surface area contributed by atoms with E-state index in [2.05, 4.69) is 12.1 Å². The molecule has 10 rings (SSSR count). The van der Waals surface area contributed by atoms with E-state index in [9.17, 15) is 4.79 Å². The SMILES string of the molecule is Cc1ccc(COc2ccc(OC(=O)c3cc4ccccc4c(-c4c(OP5Oc6ccccc6O5)ccc5ccccc45)c3OP3Oc4ccccc4O3)cc2)cc1. The van der Waals surface area contributed by atoms with Crippen LogP contribution in [-0.4, -0.2) is 5.97 Å². The van der Waals surface area contributed by atoms with E-state index < -0.39 is 23.2 Å². The van der Waals surface area contributed by atoms with Crippen molar-refractivity contribution < 1.29 is 41.4 Å². The van der Waals surface area contributed by atoms with Gasteiger partial charge in [0.15, 0.2) is 28.7 Å². The summed E-state index contributed by atoms with van der Waals surface area (Å²) in [6.07, 6.45) is 0. The second-order valence-electron chi connectivity index (χ2n) is 13.5. The van der Waals surface area contributed by atoms with Gasteiger partial charge in [0.25, 0.3) is 0 Å². The van der Waals surface area contributed by atoms with Crippen LogP contribution < -0.4 is 36.6 Å². The van der Waals surface area contributed by atoms with Crippen molar-refractivity contribution in [1.29, 1.82) is 0 Å². The summed E-state index contributed by atoms with van der Waals surface area (Å²) in [6, 6.07) is 51.3. The summed E-state index contributed by atoms with van der Waals surface area (Å²) in [5.74, 6) is 3.25. The lowest BCUT2D eigenvalue weighted by Gasteiger charge is -2.22. The Hall–Kier alpha value is -6.79. The Balaban J connectivity index is 1.07. The molecule has 0 atom stereocenters. The first kappa shape index (κ1) is 35.6. The molecule has 2 aliphatic rings. The Morgan fingerprint density at radius 2 is 1.07 bits per heavy atom. The van der Waals surface area contributed by atoms with E-state index in [-0.39, 0.29) is 11.3 Å². The normalized spacial score (nSPS) is 13.1. The number of para-hydroxylation sites is 4. The van der Waals surface area contributed by atoms with Crippen molar-refractivity contribution in [2.45, 2.75) is 13.5 Å². The highest BCUT2D eigenvalue weighted by atomic mass is 31.2. The molecule has 0 saturated carbocycles. The molecule has 0 saturated heterocycles. The Morgan fingerprint density at radius 3 is 1.71 bits per heavy atom. The van der Waals surface area contributed by atoms with Crippen LogP contribution in [0.5, 0.6) is 46.0 Å². The van der Waals surface area contributed by atoms with Crippen LogP contribution in [0, 0.1) is 6.92 Å². The van der Waals surface area contributed by atoms with E-state index in [1.54, 1.807) is 30.3 Å². The summed E-state index contributed by atoms with van der Waals surface area (Å²) in [7, 11) is -3.92. The van der Waals surface area contributed by atoms with Crippen LogP contribution in [0.2, 0.25) is 0 Å². The molecule has 0 aromatic heterocycles. The highest BCUT2D eigenvalue weighted by molar-refractivity contribution is 7.43. The van der Waals surface area contributed by atoms with Crippen molar-refractivity contribution >= 4 is 44.7 Å². The number of aryl methyl sites for hydroxylation is 1. The molecular formula is C47H32O9P2. The number of hydrogen-bond donors (Lipinski definition) is 0. The third-order valence-electron chi connectivity index (χ3n) is 9.65. The Kier molecular flexibility index (Phi) is 9.38. The summed E-state index contributed by atoms with van der Waals surface area (Å²) in [4.78, 5) is 14.6. The van der Waals surface area contributed by atoms with Crippen molar-refractivity contribution in [3.63, 3.8) is 0 Å². The Labute approximate surface area is 336 Å². The van der Waals surface area contributed by atoms with Crippen LogP contribution in [0.4, 0.5) is 0 Å². The standard InChI is InChI=1S/C47H32O9P2/c1-30-18-20-31(21-19-30)29-49-34-23-25-35(26-24-34)50-47(48)38-28-33-11-3-5-13-37(33)45(46(38)56-58-53-41-16-8-9-17-42(41)54-58)44-36-12-4-2-10-32(36)22-27-43(44)55-57-51-39-14-6-7-15-40(39)52-57/h2-28H,29H2,1H3. The molecule has 0 fully saturated rings. The number of fused-ring (bicyclic) bond motifs is 4. The molecule has 2 heterocycles. The maximum Gasteiger partial charge on any atom is 0.530 e. The monoisotopic (exact) mass is 802 g/mol. The van der Waals surface area contributed by atoms with Gasteiger partial charge in [-0.15, -0.1) is 0 Å². The molecule has 9 nitrogen and oxygen atoms in total. The minimum Gasteiger partial charge on any atom is -0.489 e. The van der Waals surface area contributed by atoms with E-state index in [1.165, 1.54) is 5.56 Å². The minimum atomic E-state index is -2.05. The van der Waals surface area contributed by atoms with Gasteiger partial charge in [0.1, 0.15) is 29.4 Å². The first-order valence-corrected chi connectivity index (χ1v) is 20.7. The molecule has 8 aromatic carbocycles. The molecule has 0 spiro atoms. The van der Waals surface area contributed by atoms with E-state index in [1.807, 2.05) is 128 Å².